The minimum Gasteiger partial charge on any atom is -0.383 e. The van der Waals surface area contributed by atoms with E-state index >= 15 is 0 Å². The Kier molecular flexibility index (Phi) is 3.81. The zero-order valence-electron chi connectivity index (χ0n) is 10.8. The summed E-state index contributed by atoms with van der Waals surface area (Å²) in [7, 11) is 0. The maximum absolute atomic E-state index is 10.8. The minimum atomic E-state index is -0.329. The highest BCUT2D eigenvalue weighted by atomic mass is 16.6. The first kappa shape index (κ1) is 12.8. The summed E-state index contributed by atoms with van der Waals surface area (Å²) in [6, 6.07) is 4.02. The van der Waals surface area contributed by atoms with E-state index in [2.05, 4.69) is 10.6 Å². The Balaban J connectivity index is 2.08. The average molecular weight is 249 g/mol. The summed E-state index contributed by atoms with van der Waals surface area (Å²) in [5.74, 6) is 0. The van der Waals surface area contributed by atoms with E-state index in [0.29, 0.717) is 11.6 Å². The van der Waals surface area contributed by atoms with Crippen LogP contribution < -0.4 is 10.6 Å². The maximum atomic E-state index is 10.8. The molecule has 2 rings (SSSR count). The Hall–Kier alpha value is -1.62. The lowest BCUT2D eigenvalue weighted by Crippen LogP contribution is -2.29. The molecule has 5 nitrogen and oxygen atoms in total. The van der Waals surface area contributed by atoms with Gasteiger partial charge >= 0.3 is 0 Å². The number of nitrogens with one attached hydrogen (secondary N) is 2. The minimum absolute atomic E-state index is 0.192. The number of anilines is 1. The Morgan fingerprint density at radius 3 is 2.83 bits per heavy atom. The molecule has 1 aromatic rings. The fraction of sp³-hybridized carbons (Fsp3) is 0.538. The summed E-state index contributed by atoms with van der Waals surface area (Å²) in [6.45, 7) is 5.64. The lowest BCUT2D eigenvalue weighted by atomic mass is 10.1. The van der Waals surface area contributed by atoms with E-state index in [0.717, 1.165) is 24.3 Å². The van der Waals surface area contributed by atoms with Crippen molar-refractivity contribution in [3.8, 4) is 0 Å². The van der Waals surface area contributed by atoms with Crippen LogP contribution in [0, 0.1) is 24.0 Å². The third kappa shape index (κ3) is 2.79. The van der Waals surface area contributed by atoms with Crippen LogP contribution in [0.1, 0.15) is 24.0 Å². The summed E-state index contributed by atoms with van der Waals surface area (Å²) in [4.78, 5) is 10.5. The second kappa shape index (κ2) is 5.35. The highest BCUT2D eigenvalue weighted by Crippen LogP contribution is 2.26. The lowest BCUT2D eigenvalue weighted by molar-refractivity contribution is -0.385. The Labute approximate surface area is 107 Å². The molecular weight excluding hydrogens is 230 g/mol. The SMILES string of the molecule is Cc1cc([N+](=O)[O-])c(C)cc1NCC1CCCN1. The van der Waals surface area contributed by atoms with Crippen molar-refractivity contribution < 1.29 is 4.92 Å². The van der Waals surface area contributed by atoms with E-state index in [1.54, 1.807) is 13.0 Å². The first-order valence-corrected chi connectivity index (χ1v) is 6.31. The van der Waals surface area contributed by atoms with Gasteiger partial charge in [-0.2, -0.15) is 0 Å². The lowest BCUT2D eigenvalue weighted by Gasteiger charge is -2.15. The molecule has 1 unspecified atom stereocenters. The fourth-order valence-electron chi connectivity index (χ4n) is 2.35. The van der Waals surface area contributed by atoms with Gasteiger partial charge in [-0.25, -0.2) is 0 Å². The van der Waals surface area contributed by atoms with Crippen LogP contribution in [0.3, 0.4) is 0 Å². The summed E-state index contributed by atoms with van der Waals surface area (Å²) >= 11 is 0. The molecule has 98 valence electrons. The first-order chi connectivity index (χ1) is 8.58. The molecule has 2 N–H and O–H groups in total. The van der Waals surface area contributed by atoms with Crippen molar-refractivity contribution in [3.63, 3.8) is 0 Å². The van der Waals surface area contributed by atoms with Crippen LogP contribution in [0.5, 0.6) is 0 Å². The number of aryl methyl sites for hydroxylation is 2. The molecular formula is C13H19N3O2. The quantitative estimate of drug-likeness (QED) is 0.635. The highest BCUT2D eigenvalue weighted by Gasteiger charge is 2.16. The molecule has 1 aromatic carbocycles. The number of hydrogen-bond donors (Lipinski definition) is 2. The third-order valence-electron chi connectivity index (χ3n) is 3.44. The van der Waals surface area contributed by atoms with Gasteiger partial charge in [-0.3, -0.25) is 10.1 Å². The zero-order chi connectivity index (χ0) is 13.1. The standard InChI is InChI=1S/C13H19N3O2/c1-9-7-13(16(17)18)10(2)6-12(9)15-8-11-4-3-5-14-11/h6-7,11,14-15H,3-5,8H2,1-2H3. The topological polar surface area (TPSA) is 67.2 Å². The maximum Gasteiger partial charge on any atom is 0.272 e. The molecule has 18 heavy (non-hydrogen) atoms. The number of nitrogens with zero attached hydrogens (tertiary/aromatic N) is 1. The molecule has 0 saturated carbocycles. The zero-order valence-corrected chi connectivity index (χ0v) is 10.8. The fourth-order valence-corrected chi connectivity index (χ4v) is 2.35. The summed E-state index contributed by atoms with van der Waals surface area (Å²) in [6.07, 6.45) is 2.42. The van der Waals surface area contributed by atoms with E-state index in [-0.39, 0.29) is 10.6 Å². The van der Waals surface area contributed by atoms with E-state index in [1.807, 2.05) is 13.0 Å². The number of nitro groups is 1. The van der Waals surface area contributed by atoms with Gasteiger partial charge in [-0.1, -0.05) is 0 Å². The van der Waals surface area contributed by atoms with Crippen LogP contribution in [-0.4, -0.2) is 24.1 Å². The number of benzene rings is 1. The Morgan fingerprint density at radius 2 is 2.22 bits per heavy atom. The molecule has 1 aliphatic heterocycles. The van der Waals surface area contributed by atoms with Crippen LogP contribution in [0.25, 0.3) is 0 Å². The predicted molar refractivity (Wildman–Crippen MR) is 72.1 cm³/mol. The van der Waals surface area contributed by atoms with Crippen molar-refractivity contribution in [2.24, 2.45) is 0 Å². The third-order valence-corrected chi connectivity index (χ3v) is 3.44. The molecule has 1 aliphatic rings. The van der Waals surface area contributed by atoms with E-state index < -0.39 is 0 Å². The Morgan fingerprint density at radius 1 is 1.44 bits per heavy atom. The van der Waals surface area contributed by atoms with E-state index in [9.17, 15) is 10.1 Å². The van der Waals surface area contributed by atoms with Crippen molar-refractivity contribution in [1.29, 1.82) is 0 Å². The summed E-state index contributed by atoms with van der Waals surface area (Å²) < 4.78 is 0. The predicted octanol–water partition coefficient (Wildman–Crippen LogP) is 2.38. The second-order valence-electron chi connectivity index (χ2n) is 4.88. The molecule has 0 aliphatic carbocycles. The molecule has 0 aromatic heterocycles. The van der Waals surface area contributed by atoms with Crippen LogP contribution in [0.2, 0.25) is 0 Å². The van der Waals surface area contributed by atoms with Crippen molar-refractivity contribution in [1.82, 2.24) is 5.32 Å². The van der Waals surface area contributed by atoms with E-state index in [4.69, 9.17) is 0 Å². The van der Waals surface area contributed by atoms with Crippen molar-refractivity contribution in [2.75, 3.05) is 18.4 Å². The van der Waals surface area contributed by atoms with Gasteiger partial charge in [0.15, 0.2) is 0 Å². The largest absolute Gasteiger partial charge is 0.383 e. The normalized spacial score (nSPS) is 18.9. The van der Waals surface area contributed by atoms with Crippen LogP contribution in [0.15, 0.2) is 12.1 Å². The van der Waals surface area contributed by atoms with Gasteiger partial charge in [0.2, 0.25) is 0 Å². The van der Waals surface area contributed by atoms with Crippen LogP contribution in [-0.2, 0) is 0 Å². The molecule has 0 amide bonds. The number of nitro benzene ring substituents is 1. The molecule has 0 radical (unpaired) electrons. The van der Waals surface area contributed by atoms with Crippen LogP contribution >= 0.6 is 0 Å². The van der Waals surface area contributed by atoms with Crippen molar-refractivity contribution in [2.45, 2.75) is 32.7 Å². The van der Waals surface area contributed by atoms with Gasteiger partial charge < -0.3 is 10.6 Å². The van der Waals surface area contributed by atoms with Crippen molar-refractivity contribution in [3.05, 3.63) is 33.4 Å². The number of hydrogen-bond acceptors (Lipinski definition) is 4. The van der Waals surface area contributed by atoms with E-state index in [1.165, 1.54) is 12.8 Å². The first-order valence-electron chi connectivity index (χ1n) is 6.31. The molecule has 1 atom stereocenters. The number of rotatable bonds is 4. The molecule has 5 heteroatoms. The smallest absolute Gasteiger partial charge is 0.272 e. The summed E-state index contributed by atoms with van der Waals surface area (Å²) in [5.41, 5.74) is 2.81. The van der Waals surface area contributed by atoms with Gasteiger partial charge in [-0.15, -0.1) is 0 Å². The van der Waals surface area contributed by atoms with Gasteiger partial charge in [0, 0.05) is 29.9 Å². The molecule has 1 saturated heterocycles. The Bertz CT molecular complexity index is 454. The average Bonchev–Trinajstić information content (AvgIpc) is 2.82. The van der Waals surface area contributed by atoms with Gasteiger partial charge in [0.25, 0.3) is 5.69 Å². The monoisotopic (exact) mass is 249 g/mol. The molecule has 0 bridgehead atoms. The second-order valence-corrected chi connectivity index (χ2v) is 4.88. The summed E-state index contributed by atoms with van der Waals surface area (Å²) in [5, 5.41) is 17.6. The highest BCUT2D eigenvalue weighted by molar-refractivity contribution is 5.59. The molecule has 1 heterocycles. The van der Waals surface area contributed by atoms with Gasteiger partial charge in [0.1, 0.15) is 0 Å². The van der Waals surface area contributed by atoms with Crippen LogP contribution in [0.4, 0.5) is 11.4 Å². The van der Waals surface area contributed by atoms with Gasteiger partial charge in [0.05, 0.1) is 4.92 Å². The van der Waals surface area contributed by atoms with Crippen molar-refractivity contribution >= 4 is 11.4 Å². The van der Waals surface area contributed by atoms with Gasteiger partial charge in [-0.05, 0) is 44.9 Å². The molecule has 0 spiro atoms. The molecule has 1 fully saturated rings.